The zero-order valence-electron chi connectivity index (χ0n) is 10.1. The van der Waals surface area contributed by atoms with Gasteiger partial charge in [-0.15, -0.1) is 0 Å². The zero-order valence-corrected chi connectivity index (χ0v) is 11.7. The van der Waals surface area contributed by atoms with Gasteiger partial charge >= 0.3 is 0 Å². The van der Waals surface area contributed by atoms with Gasteiger partial charge in [-0.05, 0) is 18.8 Å². The van der Waals surface area contributed by atoms with Crippen LogP contribution in [0, 0.1) is 5.92 Å². The first-order valence-corrected chi connectivity index (χ1v) is 7.56. The summed E-state index contributed by atoms with van der Waals surface area (Å²) in [5, 5.41) is 9.14. The molecule has 1 N–H and O–H groups in total. The number of aliphatic hydroxyl groups is 1. The van der Waals surface area contributed by atoms with E-state index in [0.29, 0.717) is 13.1 Å². The van der Waals surface area contributed by atoms with Crippen LogP contribution >= 0.6 is 11.6 Å². The second-order valence-corrected chi connectivity index (χ2v) is 6.72. The minimum absolute atomic E-state index is 0.00195. The molecule has 2 heterocycles. The molecule has 1 aliphatic rings. The lowest BCUT2D eigenvalue weighted by atomic mass is 10.0. The van der Waals surface area contributed by atoms with Crippen molar-refractivity contribution in [2.45, 2.75) is 17.9 Å². The highest BCUT2D eigenvalue weighted by atomic mass is 35.5. The molecule has 2 rings (SSSR count). The quantitative estimate of drug-likeness (QED) is 0.879. The highest BCUT2D eigenvalue weighted by Gasteiger charge is 2.33. The molecule has 1 aromatic rings. The van der Waals surface area contributed by atoms with Gasteiger partial charge in [0.15, 0.2) is 0 Å². The van der Waals surface area contributed by atoms with E-state index in [2.05, 4.69) is 4.98 Å². The Hall–Kier alpha value is -0.630. The Bertz CT molecular complexity index is 528. The topological polar surface area (TPSA) is 75.4 Å². The number of rotatable bonds is 3. The summed E-state index contributed by atoms with van der Waals surface area (Å²) in [6, 6.07) is 0. The van der Waals surface area contributed by atoms with Crippen molar-refractivity contribution < 1.29 is 13.5 Å². The van der Waals surface area contributed by atoms with Crippen LogP contribution in [0.5, 0.6) is 0 Å². The van der Waals surface area contributed by atoms with Gasteiger partial charge in [-0.3, -0.25) is 0 Å². The molecule has 6 nitrogen and oxygen atoms in total. The van der Waals surface area contributed by atoms with Gasteiger partial charge in [-0.2, -0.15) is 4.31 Å². The Balaban J connectivity index is 2.28. The summed E-state index contributed by atoms with van der Waals surface area (Å²) >= 11 is 5.93. The number of piperidine rings is 1. The van der Waals surface area contributed by atoms with E-state index in [0.717, 1.165) is 12.8 Å². The van der Waals surface area contributed by atoms with Crippen LogP contribution in [0.2, 0.25) is 5.15 Å². The summed E-state index contributed by atoms with van der Waals surface area (Å²) in [6.45, 7) is 0.777. The Kier molecular flexibility index (Phi) is 3.96. The predicted molar refractivity (Wildman–Crippen MR) is 66.8 cm³/mol. The van der Waals surface area contributed by atoms with Crippen molar-refractivity contribution in [2.75, 3.05) is 19.7 Å². The average molecular weight is 294 g/mol. The third kappa shape index (κ3) is 2.40. The normalized spacial score (nSPS) is 22.3. The van der Waals surface area contributed by atoms with Crippen LogP contribution in [-0.2, 0) is 17.1 Å². The van der Waals surface area contributed by atoms with E-state index in [1.54, 1.807) is 7.05 Å². The van der Waals surface area contributed by atoms with Crippen LogP contribution in [0.1, 0.15) is 12.8 Å². The van der Waals surface area contributed by atoms with E-state index in [4.69, 9.17) is 16.7 Å². The van der Waals surface area contributed by atoms with Crippen LogP contribution < -0.4 is 0 Å². The summed E-state index contributed by atoms with van der Waals surface area (Å²) in [5.41, 5.74) is 0. The van der Waals surface area contributed by atoms with Crippen LogP contribution in [0.3, 0.4) is 0 Å². The number of aryl methyl sites for hydroxylation is 1. The van der Waals surface area contributed by atoms with Crippen molar-refractivity contribution >= 4 is 21.6 Å². The number of hydrogen-bond donors (Lipinski definition) is 1. The van der Waals surface area contributed by atoms with Gasteiger partial charge in [0.25, 0.3) is 10.0 Å². The van der Waals surface area contributed by atoms with Crippen molar-refractivity contribution in [3.05, 3.63) is 11.5 Å². The molecule has 0 aromatic carbocycles. The highest BCUT2D eigenvalue weighted by molar-refractivity contribution is 7.89. The molecule has 1 aromatic heterocycles. The van der Waals surface area contributed by atoms with Crippen molar-refractivity contribution in [3.8, 4) is 0 Å². The molecule has 0 saturated carbocycles. The molecule has 0 amide bonds. The van der Waals surface area contributed by atoms with E-state index in [9.17, 15) is 8.42 Å². The van der Waals surface area contributed by atoms with Gasteiger partial charge in [-0.25, -0.2) is 13.4 Å². The summed E-state index contributed by atoms with van der Waals surface area (Å²) < 4.78 is 27.5. The molecule has 0 spiro atoms. The van der Waals surface area contributed by atoms with Crippen molar-refractivity contribution in [3.63, 3.8) is 0 Å². The molecule has 0 aliphatic carbocycles. The smallest absolute Gasteiger partial charge is 0.263 e. The number of hydrogen-bond acceptors (Lipinski definition) is 4. The maximum absolute atomic E-state index is 12.4. The van der Waals surface area contributed by atoms with E-state index in [1.165, 1.54) is 15.2 Å². The van der Waals surface area contributed by atoms with Crippen molar-refractivity contribution in [1.82, 2.24) is 13.9 Å². The van der Waals surface area contributed by atoms with E-state index in [1.807, 2.05) is 0 Å². The van der Waals surface area contributed by atoms with Gasteiger partial charge in [0, 0.05) is 26.7 Å². The fourth-order valence-electron chi connectivity index (χ4n) is 2.08. The molecule has 1 atom stereocenters. The Morgan fingerprint density at radius 2 is 2.33 bits per heavy atom. The number of halogens is 1. The van der Waals surface area contributed by atoms with E-state index < -0.39 is 10.0 Å². The first kappa shape index (κ1) is 13.8. The maximum Gasteiger partial charge on any atom is 0.263 e. The minimum atomic E-state index is -3.66. The number of aliphatic hydroxyl groups excluding tert-OH is 1. The molecule has 0 radical (unpaired) electrons. The van der Waals surface area contributed by atoms with Gasteiger partial charge < -0.3 is 9.67 Å². The van der Waals surface area contributed by atoms with Crippen LogP contribution in [0.15, 0.2) is 11.4 Å². The Morgan fingerprint density at radius 1 is 1.61 bits per heavy atom. The first-order valence-electron chi connectivity index (χ1n) is 5.74. The summed E-state index contributed by atoms with van der Waals surface area (Å²) in [7, 11) is -2.02. The molecule has 18 heavy (non-hydrogen) atoms. The van der Waals surface area contributed by atoms with Crippen molar-refractivity contribution in [1.29, 1.82) is 0 Å². The summed E-state index contributed by atoms with van der Waals surface area (Å²) in [5.74, 6) is -0.00369. The Labute approximate surface area is 111 Å². The van der Waals surface area contributed by atoms with Gasteiger partial charge in [0.05, 0.1) is 6.33 Å². The lowest BCUT2D eigenvalue weighted by molar-refractivity contribution is 0.165. The van der Waals surface area contributed by atoms with Crippen LogP contribution in [-0.4, -0.2) is 47.1 Å². The third-order valence-electron chi connectivity index (χ3n) is 3.16. The Morgan fingerprint density at radius 3 is 2.89 bits per heavy atom. The second kappa shape index (κ2) is 5.16. The number of sulfonamides is 1. The predicted octanol–water partition coefficient (Wildman–Crippen LogP) is 0.466. The lowest BCUT2D eigenvalue weighted by Gasteiger charge is -2.30. The van der Waals surface area contributed by atoms with Crippen LogP contribution in [0.4, 0.5) is 0 Å². The standard InChI is InChI=1S/C10H16ClN3O3S/c1-13-7-12-10(9(13)11)18(16,17)14-4-2-3-8(5-14)6-15/h7-8,15H,2-6H2,1H3. The SMILES string of the molecule is Cn1cnc(S(=O)(=O)N2CCCC(CO)C2)c1Cl. The molecule has 1 aliphatic heterocycles. The fraction of sp³-hybridized carbons (Fsp3) is 0.700. The molecule has 8 heteroatoms. The molecular weight excluding hydrogens is 278 g/mol. The molecular formula is C10H16ClN3O3S. The van der Waals surface area contributed by atoms with Gasteiger partial charge in [0.1, 0.15) is 5.15 Å². The number of imidazole rings is 1. The van der Waals surface area contributed by atoms with Gasteiger partial charge in [0.2, 0.25) is 5.03 Å². The van der Waals surface area contributed by atoms with Gasteiger partial charge in [-0.1, -0.05) is 11.6 Å². The lowest BCUT2D eigenvalue weighted by Crippen LogP contribution is -2.41. The number of aromatic nitrogens is 2. The molecule has 1 saturated heterocycles. The fourth-order valence-corrected chi connectivity index (χ4v) is 4.03. The summed E-state index contributed by atoms with van der Waals surface area (Å²) in [4.78, 5) is 3.85. The molecule has 102 valence electrons. The van der Waals surface area contributed by atoms with E-state index in [-0.39, 0.29) is 22.7 Å². The molecule has 1 fully saturated rings. The van der Waals surface area contributed by atoms with Crippen LogP contribution in [0.25, 0.3) is 0 Å². The molecule has 0 bridgehead atoms. The third-order valence-corrected chi connectivity index (χ3v) is 5.52. The van der Waals surface area contributed by atoms with Crippen molar-refractivity contribution in [2.24, 2.45) is 13.0 Å². The molecule has 1 unspecified atom stereocenters. The zero-order chi connectivity index (χ0) is 13.3. The number of nitrogens with zero attached hydrogens (tertiary/aromatic N) is 3. The van der Waals surface area contributed by atoms with E-state index >= 15 is 0 Å². The first-order chi connectivity index (χ1) is 8.46. The largest absolute Gasteiger partial charge is 0.396 e. The maximum atomic E-state index is 12.4. The highest BCUT2D eigenvalue weighted by Crippen LogP contribution is 2.26. The minimum Gasteiger partial charge on any atom is -0.396 e. The second-order valence-electron chi connectivity index (χ2n) is 4.51. The monoisotopic (exact) mass is 293 g/mol. The average Bonchev–Trinajstić information content (AvgIpc) is 2.70. The summed E-state index contributed by atoms with van der Waals surface area (Å²) in [6.07, 6.45) is 2.97.